The minimum absolute atomic E-state index is 0.0478. The van der Waals surface area contributed by atoms with Gasteiger partial charge in [0.05, 0.1) is 6.04 Å². The predicted molar refractivity (Wildman–Crippen MR) is 93.7 cm³/mol. The Bertz CT molecular complexity index is 656. The first-order valence-electron chi connectivity index (χ1n) is 7.97. The van der Waals surface area contributed by atoms with Gasteiger partial charge in [-0.2, -0.15) is 0 Å². The number of ether oxygens (including phenoxy) is 1. The Hall–Kier alpha value is -2.29. The zero-order valence-electron chi connectivity index (χ0n) is 14.5. The largest absolute Gasteiger partial charge is 0.481 e. The number of amides is 1. The van der Waals surface area contributed by atoms with Crippen molar-refractivity contribution in [1.82, 2.24) is 5.32 Å². The highest BCUT2D eigenvalue weighted by molar-refractivity contribution is 5.81. The average molecular weight is 311 g/mol. The van der Waals surface area contributed by atoms with Crippen LogP contribution in [0.3, 0.4) is 0 Å². The highest BCUT2D eigenvalue weighted by Crippen LogP contribution is 2.18. The normalized spacial score (nSPS) is 13.3. The van der Waals surface area contributed by atoms with Gasteiger partial charge in [0.1, 0.15) is 5.75 Å². The topological polar surface area (TPSA) is 38.3 Å². The maximum absolute atomic E-state index is 12.3. The first-order valence-corrected chi connectivity index (χ1v) is 7.97. The molecule has 2 aromatic carbocycles. The van der Waals surface area contributed by atoms with Gasteiger partial charge < -0.3 is 10.1 Å². The lowest BCUT2D eigenvalue weighted by atomic mass is 10.1. The van der Waals surface area contributed by atoms with Gasteiger partial charge in [-0.1, -0.05) is 35.9 Å². The van der Waals surface area contributed by atoms with E-state index in [4.69, 9.17) is 4.74 Å². The minimum atomic E-state index is -0.538. The molecule has 2 rings (SSSR count). The molecule has 1 N–H and O–H groups in total. The van der Waals surface area contributed by atoms with Gasteiger partial charge in [-0.3, -0.25) is 4.79 Å². The van der Waals surface area contributed by atoms with Crippen LogP contribution in [0, 0.1) is 20.8 Å². The maximum atomic E-state index is 12.3. The number of hydrogen-bond donors (Lipinski definition) is 1. The van der Waals surface area contributed by atoms with Crippen molar-refractivity contribution in [3.63, 3.8) is 0 Å². The van der Waals surface area contributed by atoms with Gasteiger partial charge in [-0.25, -0.2) is 0 Å². The summed E-state index contributed by atoms with van der Waals surface area (Å²) in [7, 11) is 0. The highest BCUT2D eigenvalue weighted by atomic mass is 16.5. The molecule has 2 aromatic rings. The van der Waals surface area contributed by atoms with Crippen LogP contribution in [-0.4, -0.2) is 12.0 Å². The van der Waals surface area contributed by atoms with Crippen molar-refractivity contribution < 1.29 is 9.53 Å². The maximum Gasteiger partial charge on any atom is 0.261 e. The van der Waals surface area contributed by atoms with Gasteiger partial charge in [0, 0.05) is 0 Å². The Labute approximate surface area is 138 Å². The summed E-state index contributed by atoms with van der Waals surface area (Å²) in [5, 5.41) is 3.00. The molecule has 0 radical (unpaired) electrons. The summed E-state index contributed by atoms with van der Waals surface area (Å²) < 4.78 is 5.78. The summed E-state index contributed by atoms with van der Waals surface area (Å²) in [5.41, 5.74) is 4.54. The Kier molecular flexibility index (Phi) is 5.43. The number of carbonyl (C=O) groups is 1. The molecule has 1 amide bonds. The van der Waals surface area contributed by atoms with Crippen molar-refractivity contribution >= 4 is 5.91 Å². The molecule has 0 aliphatic rings. The summed E-state index contributed by atoms with van der Waals surface area (Å²) >= 11 is 0. The second-order valence-electron chi connectivity index (χ2n) is 6.22. The van der Waals surface area contributed by atoms with E-state index < -0.39 is 6.10 Å². The SMILES string of the molecule is Cc1ccc([C@@H](C)NC(=O)[C@H](C)Oc2cc(C)cc(C)c2)cc1. The van der Waals surface area contributed by atoms with Crippen LogP contribution in [0.15, 0.2) is 42.5 Å². The molecule has 3 nitrogen and oxygen atoms in total. The predicted octanol–water partition coefficient (Wildman–Crippen LogP) is 4.26. The van der Waals surface area contributed by atoms with Gasteiger partial charge >= 0.3 is 0 Å². The lowest BCUT2D eigenvalue weighted by molar-refractivity contribution is -0.127. The number of carbonyl (C=O) groups excluding carboxylic acids is 1. The molecular weight excluding hydrogens is 286 g/mol. The fourth-order valence-electron chi connectivity index (χ4n) is 2.53. The molecule has 0 aliphatic carbocycles. The van der Waals surface area contributed by atoms with Crippen LogP contribution in [0.1, 0.15) is 42.1 Å². The lowest BCUT2D eigenvalue weighted by Crippen LogP contribution is -2.37. The van der Waals surface area contributed by atoms with E-state index in [1.54, 1.807) is 6.92 Å². The average Bonchev–Trinajstić information content (AvgIpc) is 2.46. The van der Waals surface area contributed by atoms with E-state index in [0.717, 1.165) is 22.4 Å². The van der Waals surface area contributed by atoms with E-state index >= 15 is 0 Å². The number of aryl methyl sites for hydroxylation is 3. The molecule has 0 aliphatic heterocycles. The van der Waals surface area contributed by atoms with E-state index in [9.17, 15) is 4.79 Å². The van der Waals surface area contributed by atoms with Crippen LogP contribution in [0.5, 0.6) is 5.75 Å². The molecule has 0 unspecified atom stereocenters. The summed E-state index contributed by atoms with van der Waals surface area (Å²) in [4.78, 5) is 12.3. The van der Waals surface area contributed by atoms with Crippen molar-refractivity contribution in [3.8, 4) is 5.75 Å². The number of hydrogen-bond acceptors (Lipinski definition) is 2. The summed E-state index contributed by atoms with van der Waals surface area (Å²) in [6.07, 6.45) is -0.538. The first-order chi connectivity index (χ1) is 10.8. The highest BCUT2D eigenvalue weighted by Gasteiger charge is 2.17. The van der Waals surface area contributed by atoms with Gasteiger partial charge in [0.15, 0.2) is 6.10 Å². The number of rotatable bonds is 5. The molecule has 3 heteroatoms. The second kappa shape index (κ2) is 7.32. The van der Waals surface area contributed by atoms with Crippen molar-refractivity contribution in [2.75, 3.05) is 0 Å². The summed E-state index contributed by atoms with van der Waals surface area (Å²) in [6, 6.07) is 14.1. The number of benzene rings is 2. The van der Waals surface area contributed by atoms with Crippen LogP contribution in [0.25, 0.3) is 0 Å². The molecule has 0 fully saturated rings. The molecule has 0 spiro atoms. The van der Waals surface area contributed by atoms with Gasteiger partial charge in [0.2, 0.25) is 0 Å². The minimum Gasteiger partial charge on any atom is -0.481 e. The van der Waals surface area contributed by atoms with Crippen LogP contribution in [0.2, 0.25) is 0 Å². The molecule has 122 valence electrons. The summed E-state index contributed by atoms with van der Waals surface area (Å²) in [5.74, 6) is 0.616. The molecule has 2 atom stereocenters. The zero-order chi connectivity index (χ0) is 17.0. The third kappa shape index (κ3) is 4.85. The Morgan fingerprint density at radius 3 is 2.04 bits per heavy atom. The fraction of sp³-hybridized carbons (Fsp3) is 0.350. The fourth-order valence-corrected chi connectivity index (χ4v) is 2.53. The molecule has 0 saturated carbocycles. The van der Waals surface area contributed by atoms with Gasteiger partial charge in [0.25, 0.3) is 5.91 Å². The van der Waals surface area contributed by atoms with Crippen LogP contribution in [0.4, 0.5) is 0 Å². The Balaban J connectivity index is 1.97. The number of nitrogens with one attached hydrogen (secondary N) is 1. The van der Waals surface area contributed by atoms with Crippen LogP contribution in [-0.2, 0) is 4.79 Å². The van der Waals surface area contributed by atoms with E-state index in [1.807, 2.05) is 64.1 Å². The molecule has 0 aromatic heterocycles. The molecule has 0 bridgehead atoms. The smallest absolute Gasteiger partial charge is 0.261 e. The zero-order valence-corrected chi connectivity index (χ0v) is 14.5. The standard InChI is InChI=1S/C20H25NO2/c1-13-6-8-18(9-7-13)16(4)21-20(22)17(5)23-19-11-14(2)10-15(3)12-19/h6-12,16-17H,1-5H3,(H,21,22)/t16-,17+/m1/s1. The molecule has 0 saturated heterocycles. The second-order valence-corrected chi connectivity index (χ2v) is 6.22. The third-order valence-corrected chi connectivity index (χ3v) is 3.81. The Morgan fingerprint density at radius 1 is 0.913 bits per heavy atom. The van der Waals surface area contributed by atoms with Crippen molar-refractivity contribution in [2.24, 2.45) is 0 Å². The van der Waals surface area contributed by atoms with E-state index in [-0.39, 0.29) is 11.9 Å². The first kappa shape index (κ1) is 17.1. The molecular formula is C20H25NO2. The molecule has 0 heterocycles. The molecule has 23 heavy (non-hydrogen) atoms. The third-order valence-electron chi connectivity index (χ3n) is 3.81. The van der Waals surface area contributed by atoms with Crippen LogP contribution >= 0.6 is 0 Å². The van der Waals surface area contributed by atoms with E-state index in [0.29, 0.717) is 0 Å². The van der Waals surface area contributed by atoms with Crippen molar-refractivity contribution in [3.05, 3.63) is 64.7 Å². The monoisotopic (exact) mass is 311 g/mol. The van der Waals surface area contributed by atoms with Crippen LogP contribution < -0.4 is 10.1 Å². The summed E-state index contributed by atoms with van der Waals surface area (Å²) in [6.45, 7) is 9.84. The quantitative estimate of drug-likeness (QED) is 0.896. The van der Waals surface area contributed by atoms with Gasteiger partial charge in [-0.05, 0) is 63.4 Å². The lowest BCUT2D eigenvalue weighted by Gasteiger charge is -2.19. The van der Waals surface area contributed by atoms with E-state index in [2.05, 4.69) is 11.4 Å². The van der Waals surface area contributed by atoms with Crippen molar-refractivity contribution in [2.45, 2.75) is 46.8 Å². The van der Waals surface area contributed by atoms with Crippen molar-refractivity contribution in [1.29, 1.82) is 0 Å². The Morgan fingerprint density at radius 2 is 1.48 bits per heavy atom. The van der Waals surface area contributed by atoms with E-state index in [1.165, 1.54) is 5.56 Å². The van der Waals surface area contributed by atoms with Gasteiger partial charge in [-0.15, -0.1) is 0 Å².